The molecule has 0 saturated carbocycles. The summed E-state index contributed by atoms with van der Waals surface area (Å²) in [6.07, 6.45) is 2.73. The van der Waals surface area contributed by atoms with Gasteiger partial charge in [0.25, 0.3) is 0 Å². The second-order valence-corrected chi connectivity index (χ2v) is 10.4. The van der Waals surface area contributed by atoms with E-state index in [0.717, 1.165) is 35.3 Å². The molecule has 1 aromatic heterocycles. The molecule has 7 heteroatoms. The van der Waals surface area contributed by atoms with Crippen LogP contribution in [-0.4, -0.2) is 48.4 Å². The summed E-state index contributed by atoms with van der Waals surface area (Å²) in [5.41, 5.74) is 3.67. The van der Waals surface area contributed by atoms with Gasteiger partial charge in [0.05, 0.1) is 10.6 Å². The highest BCUT2D eigenvalue weighted by Gasteiger charge is 2.49. The Bertz CT molecular complexity index is 1210. The Kier molecular flexibility index (Phi) is 5.02. The molecule has 2 saturated heterocycles. The Morgan fingerprint density at radius 3 is 2.61 bits per heavy atom. The number of fused-ring (bicyclic) bond motifs is 1. The number of anilines is 1. The molecule has 31 heavy (non-hydrogen) atoms. The van der Waals surface area contributed by atoms with Crippen LogP contribution >= 0.6 is 0 Å². The standard InChI is InChI=1S/C24H26N4O2S/c1-17-8-9-18(2)23(14-17)31(29,30)28-15-20-11-13-27(16-22(20)28)24-25-12-10-21(26-24)19-6-4-3-5-7-19/h3-10,12,14,20,22H,11,13,15-16H2,1-2H3. The number of rotatable bonds is 4. The Hall–Kier alpha value is -2.77. The first-order chi connectivity index (χ1) is 14.9. The lowest BCUT2D eigenvalue weighted by molar-refractivity contribution is 0.0817. The minimum atomic E-state index is -3.52. The Balaban J connectivity index is 1.39. The zero-order valence-corrected chi connectivity index (χ0v) is 18.6. The van der Waals surface area contributed by atoms with Crippen molar-refractivity contribution in [2.75, 3.05) is 24.5 Å². The fourth-order valence-corrected chi connectivity index (χ4v) is 6.63. The number of aromatic nitrogens is 2. The highest BCUT2D eigenvalue weighted by atomic mass is 32.2. The van der Waals surface area contributed by atoms with E-state index < -0.39 is 10.0 Å². The van der Waals surface area contributed by atoms with Gasteiger partial charge in [-0.3, -0.25) is 0 Å². The third kappa shape index (κ3) is 3.62. The third-order valence-corrected chi connectivity index (χ3v) is 8.46. The number of hydrogen-bond donors (Lipinski definition) is 0. The summed E-state index contributed by atoms with van der Waals surface area (Å²) in [4.78, 5) is 11.8. The van der Waals surface area contributed by atoms with Crippen molar-refractivity contribution < 1.29 is 8.42 Å². The largest absolute Gasteiger partial charge is 0.339 e. The van der Waals surface area contributed by atoms with Crippen LogP contribution in [0.15, 0.2) is 65.7 Å². The smallest absolute Gasteiger partial charge is 0.243 e. The lowest BCUT2D eigenvalue weighted by Crippen LogP contribution is -2.65. The van der Waals surface area contributed by atoms with Crippen LogP contribution in [0.25, 0.3) is 11.3 Å². The fraction of sp³-hybridized carbons (Fsp3) is 0.333. The van der Waals surface area contributed by atoms with E-state index in [4.69, 9.17) is 4.98 Å². The molecule has 0 amide bonds. The van der Waals surface area contributed by atoms with E-state index >= 15 is 0 Å². The van der Waals surface area contributed by atoms with Gasteiger partial charge in [-0.05, 0) is 49.4 Å². The van der Waals surface area contributed by atoms with E-state index in [1.54, 1.807) is 16.6 Å². The minimum Gasteiger partial charge on any atom is -0.339 e. The molecular weight excluding hydrogens is 408 g/mol. The highest BCUT2D eigenvalue weighted by Crippen LogP contribution is 2.38. The zero-order valence-electron chi connectivity index (χ0n) is 17.8. The Morgan fingerprint density at radius 1 is 1.00 bits per heavy atom. The molecule has 2 aliphatic heterocycles. The quantitative estimate of drug-likeness (QED) is 0.627. The van der Waals surface area contributed by atoms with Crippen LogP contribution in [0.1, 0.15) is 17.5 Å². The van der Waals surface area contributed by atoms with Gasteiger partial charge in [0.2, 0.25) is 16.0 Å². The first-order valence-electron chi connectivity index (χ1n) is 10.7. The van der Waals surface area contributed by atoms with Crippen LogP contribution in [0.4, 0.5) is 5.95 Å². The molecule has 2 fully saturated rings. The number of sulfonamides is 1. The molecule has 0 radical (unpaired) electrons. The summed E-state index contributed by atoms with van der Waals surface area (Å²) in [6.45, 7) is 5.85. The monoisotopic (exact) mass is 434 g/mol. The van der Waals surface area contributed by atoms with E-state index in [1.165, 1.54) is 0 Å². The number of nitrogens with zero attached hydrogens (tertiary/aromatic N) is 4. The molecule has 3 heterocycles. The molecule has 2 aliphatic rings. The van der Waals surface area contributed by atoms with Gasteiger partial charge < -0.3 is 4.90 Å². The zero-order chi connectivity index (χ0) is 21.6. The van der Waals surface area contributed by atoms with E-state index in [0.29, 0.717) is 29.9 Å². The molecule has 2 atom stereocenters. The van der Waals surface area contributed by atoms with Crippen molar-refractivity contribution in [3.05, 3.63) is 71.9 Å². The van der Waals surface area contributed by atoms with Crippen molar-refractivity contribution in [3.8, 4) is 11.3 Å². The average molecular weight is 435 g/mol. The van der Waals surface area contributed by atoms with Crippen molar-refractivity contribution in [2.24, 2.45) is 5.92 Å². The summed E-state index contributed by atoms with van der Waals surface area (Å²) >= 11 is 0. The van der Waals surface area contributed by atoms with Gasteiger partial charge in [-0.1, -0.05) is 42.5 Å². The SMILES string of the molecule is Cc1ccc(C)c(S(=O)(=O)N2CC3CCN(c4nccc(-c5ccccc5)n4)CC32)c1. The third-order valence-electron chi connectivity index (χ3n) is 6.43. The molecule has 0 N–H and O–H groups in total. The second-order valence-electron chi connectivity index (χ2n) is 8.51. The van der Waals surface area contributed by atoms with Gasteiger partial charge in [0, 0.05) is 37.4 Å². The molecule has 0 aliphatic carbocycles. The summed E-state index contributed by atoms with van der Waals surface area (Å²) in [6, 6.07) is 17.5. The molecule has 0 spiro atoms. The van der Waals surface area contributed by atoms with Crippen molar-refractivity contribution in [1.82, 2.24) is 14.3 Å². The van der Waals surface area contributed by atoms with Crippen LogP contribution < -0.4 is 4.90 Å². The van der Waals surface area contributed by atoms with Crippen molar-refractivity contribution in [3.63, 3.8) is 0 Å². The molecule has 0 bridgehead atoms. The summed E-state index contributed by atoms with van der Waals surface area (Å²) in [5, 5.41) is 0. The fourth-order valence-electron chi connectivity index (χ4n) is 4.59. The van der Waals surface area contributed by atoms with E-state index in [-0.39, 0.29) is 6.04 Å². The molecule has 5 rings (SSSR count). The van der Waals surface area contributed by atoms with Crippen LogP contribution in [0, 0.1) is 19.8 Å². The summed E-state index contributed by atoms with van der Waals surface area (Å²) in [5.74, 6) is 1.06. The lowest BCUT2D eigenvalue weighted by Gasteiger charge is -2.52. The molecule has 160 valence electrons. The first kappa shape index (κ1) is 20.2. The second kappa shape index (κ2) is 7.73. The number of piperidine rings is 1. The van der Waals surface area contributed by atoms with Gasteiger partial charge in [-0.25, -0.2) is 18.4 Å². The minimum absolute atomic E-state index is 0.0392. The van der Waals surface area contributed by atoms with E-state index in [2.05, 4.69) is 9.88 Å². The maximum Gasteiger partial charge on any atom is 0.243 e. The van der Waals surface area contributed by atoms with Crippen molar-refractivity contribution in [2.45, 2.75) is 31.2 Å². The van der Waals surface area contributed by atoms with Crippen LogP contribution in [0.5, 0.6) is 0 Å². The first-order valence-corrected chi connectivity index (χ1v) is 12.1. The lowest BCUT2D eigenvalue weighted by atomic mass is 9.85. The number of benzene rings is 2. The van der Waals surface area contributed by atoms with Gasteiger partial charge >= 0.3 is 0 Å². The molecular formula is C24H26N4O2S. The normalized spacial score (nSPS) is 21.4. The highest BCUT2D eigenvalue weighted by molar-refractivity contribution is 7.89. The van der Waals surface area contributed by atoms with Crippen LogP contribution in [-0.2, 0) is 10.0 Å². The van der Waals surface area contributed by atoms with E-state index in [1.807, 2.05) is 62.4 Å². The van der Waals surface area contributed by atoms with Crippen LogP contribution in [0.3, 0.4) is 0 Å². The molecule has 3 aromatic rings. The maximum absolute atomic E-state index is 13.4. The van der Waals surface area contributed by atoms with Crippen molar-refractivity contribution in [1.29, 1.82) is 0 Å². The predicted octanol–water partition coefficient (Wildman–Crippen LogP) is 3.66. The van der Waals surface area contributed by atoms with Gasteiger partial charge in [0.1, 0.15) is 0 Å². The maximum atomic E-state index is 13.4. The molecule has 6 nitrogen and oxygen atoms in total. The molecule has 2 unspecified atom stereocenters. The van der Waals surface area contributed by atoms with Gasteiger partial charge in [-0.15, -0.1) is 0 Å². The van der Waals surface area contributed by atoms with Crippen molar-refractivity contribution >= 4 is 16.0 Å². The molecule has 2 aromatic carbocycles. The van der Waals surface area contributed by atoms with E-state index in [9.17, 15) is 8.42 Å². The summed E-state index contributed by atoms with van der Waals surface area (Å²) < 4.78 is 28.5. The van der Waals surface area contributed by atoms with Gasteiger partial charge in [-0.2, -0.15) is 4.31 Å². The predicted molar refractivity (Wildman–Crippen MR) is 121 cm³/mol. The number of aryl methyl sites for hydroxylation is 2. The summed E-state index contributed by atoms with van der Waals surface area (Å²) in [7, 11) is -3.52. The van der Waals surface area contributed by atoms with Crippen LogP contribution in [0.2, 0.25) is 0 Å². The Morgan fingerprint density at radius 2 is 1.81 bits per heavy atom. The average Bonchev–Trinajstić information content (AvgIpc) is 2.77. The van der Waals surface area contributed by atoms with Gasteiger partial charge in [0.15, 0.2) is 0 Å². The Labute approximate surface area is 183 Å². The number of hydrogen-bond acceptors (Lipinski definition) is 5. The topological polar surface area (TPSA) is 66.4 Å².